The summed E-state index contributed by atoms with van der Waals surface area (Å²) in [4.78, 5) is 270. The molecule has 23 N–H and O–H groups in total. The maximum absolute atomic E-state index is 15.8. The Balaban J connectivity index is 1.11. The quantitative estimate of drug-likeness (QED) is 0.0149. The van der Waals surface area contributed by atoms with Crippen molar-refractivity contribution in [1.29, 1.82) is 10.7 Å². The average Bonchev–Trinajstić information content (AvgIpc) is 1.70. The van der Waals surface area contributed by atoms with Gasteiger partial charge >= 0.3 is 0 Å². The summed E-state index contributed by atoms with van der Waals surface area (Å²) in [5.41, 5.74) is 19.9. The highest BCUT2D eigenvalue weighted by Crippen LogP contribution is 2.28. The number of benzene rings is 3. The maximum atomic E-state index is 15.8. The predicted octanol–water partition coefficient (Wildman–Crippen LogP) is -2.76. The van der Waals surface area contributed by atoms with E-state index in [0.29, 0.717) is 69.9 Å². The Morgan fingerprint density at radius 2 is 1.13 bits per heavy atom. The minimum absolute atomic E-state index is 0.0151. The van der Waals surface area contributed by atoms with Gasteiger partial charge in [-0.1, -0.05) is 102 Å². The van der Waals surface area contributed by atoms with E-state index in [1.165, 1.54) is 58.8 Å². The van der Waals surface area contributed by atoms with Crippen molar-refractivity contribution in [3.05, 3.63) is 126 Å². The Hall–Kier alpha value is -14.0. The number of guanidine groups is 1. The first-order valence-corrected chi connectivity index (χ1v) is 47.0. The molecule has 15 atom stereocenters. The lowest BCUT2D eigenvalue weighted by Crippen LogP contribution is -2.62. The number of carbonyl (C=O) groups is 17. The first-order valence-electron chi connectivity index (χ1n) is 45.8. The van der Waals surface area contributed by atoms with E-state index >= 15 is 38.4 Å². The molecule has 0 radical (unpaired) electrons. The Bertz CT molecular complexity index is 5370. The number of nitrogens with one attached hydrogen (secondary N) is 15. The number of nitrogens with zero attached hydrogens (tertiary/aromatic N) is 7. The second-order valence-corrected chi connectivity index (χ2v) is 36.2. The molecule has 9 rings (SSSR count). The molecule has 740 valence electrons. The molecule has 1 unspecified atom stereocenters. The normalized spacial score (nSPS) is 24.5. The van der Waals surface area contributed by atoms with Gasteiger partial charge in [0, 0.05) is 125 Å². The minimum Gasteiger partial charge on any atom is -0.394 e. The van der Waals surface area contributed by atoms with Crippen LogP contribution in [0.25, 0.3) is 21.8 Å². The highest BCUT2D eigenvalue weighted by atomic mass is 32.2. The van der Waals surface area contributed by atoms with Crippen molar-refractivity contribution in [3.8, 4) is 6.07 Å². The molecule has 3 fully saturated rings. The molecule has 45 heteroatoms. The molecule has 17 amide bonds. The maximum Gasteiger partial charge on any atom is 0.246 e. The number of imidazole rings is 1. The number of amides is 17. The van der Waals surface area contributed by atoms with Crippen LogP contribution in [-0.2, 0) is 107 Å². The number of H-pyrrole nitrogens is 3. The van der Waals surface area contributed by atoms with Crippen LogP contribution in [0.1, 0.15) is 146 Å². The molecule has 3 saturated heterocycles. The lowest BCUT2D eigenvalue weighted by Gasteiger charge is -2.36. The van der Waals surface area contributed by atoms with Crippen LogP contribution in [0.3, 0.4) is 0 Å². The highest BCUT2D eigenvalue weighted by Gasteiger charge is 2.47. The summed E-state index contributed by atoms with van der Waals surface area (Å²) in [5.74, 6) is -18.0. The number of unbranched alkanes of at least 4 members (excludes halogenated alkanes) is 2. The molecule has 0 bridgehead atoms. The summed E-state index contributed by atoms with van der Waals surface area (Å²) in [6.07, 6.45) is 3.55. The average molecular weight is 1920 g/mol. The van der Waals surface area contributed by atoms with Crippen LogP contribution in [0.4, 0.5) is 0 Å². The molecular weight excluding hydrogens is 1790 g/mol. The van der Waals surface area contributed by atoms with Gasteiger partial charge in [-0.15, -0.1) is 11.8 Å². The first-order chi connectivity index (χ1) is 65.3. The standard InChI is InChI=1S/C92H127N25O19S/c1-9-11-27-71-84(129)105-62(26-18-30-99-92(96)97)80(125)112-70(79(124)102-44-76(95)121)47-137-48-77(122)104-66(34-52-20-17-21-53(33-52)40-93)87(132)113(6)51(5)78(123)108-68(39-75(94)120)89(134)116-31-19-29-72(116)85(130)107-64(37-56-43-98-49-103-56)82(127)109-65(32-50(3)4)90(135)117-45-57(119)38-74(117)86(131)106-63(35-54-41-100-60-24-15-13-22-58(54)60)81(126)111-69(46-118)83(128)110-67(36-55-42-101-61-25-16-14-23-59(55)61)88(133)115(8)73(28-12-10-2)91(136)114(71)7/h13-17,20-25,33,41-43,49-51,57,62-74,100-101,118-119H,9-12,18-19,26-32,34-39,44-48H2,1-8H3,(H2,94,120)(H2,95,121)(H,98,103)(H,102,124)(H,104,122)(H,105,129)(H,106,131)(H,107,130)(H,108,123)(H,109,127)(H,110,128)(H,111,126)(H,112,125)(H4,96,97,99)/t51-,57+,62-,63-,64-,65-,66-,67-,68-,69-,70-,71-,72-,73-,74?/m0/s1. The number of rotatable bonds is 26. The number of thioether (sulfide) groups is 1. The van der Waals surface area contributed by atoms with Gasteiger partial charge in [0.1, 0.15) is 84.6 Å². The van der Waals surface area contributed by atoms with E-state index < -0.39 is 241 Å². The molecule has 6 heterocycles. The lowest BCUT2D eigenvalue weighted by atomic mass is 10.00. The number of hydrogen-bond donors (Lipinski definition) is 20. The van der Waals surface area contributed by atoms with Crippen LogP contribution in [0, 0.1) is 22.7 Å². The molecule has 0 saturated carbocycles. The topological polar surface area (TPSA) is 665 Å². The van der Waals surface area contributed by atoms with E-state index in [-0.39, 0.29) is 95.2 Å². The number of primary amides is 2. The molecule has 0 spiro atoms. The van der Waals surface area contributed by atoms with Gasteiger partial charge in [-0.05, 0) is 98.7 Å². The lowest BCUT2D eigenvalue weighted by molar-refractivity contribution is -0.149. The van der Waals surface area contributed by atoms with Gasteiger partial charge in [0.05, 0.1) is 49.4 Å². The summed E-state index contributed by atoms with van der Waals surface area (Å²) in [6.45, 7) is 5.98. The van der Waals surface area contributed by atoms with Gasteiger partial charge in [-0.3, -0.25) is 86.9 Å². The van der Waals surface area contributed by atoms with Gasteiger partial charge in [-0.2, -0.15) is 5.26 Å². The Labute approximate surface area is 796 Å². The zero-order valence-corrected chi connectivity index (χ0v) is 78.9. The van der Waals surface area contributed by atoms with Crippen LogP contribution in [0.15, 0.2) is 97.7 Å². The van der Waals surface area contributed by atoms with Crippen LogP contribution in [0.2, 0.25) is 0 Å². The van der Waals surface area contributed by atoms with Crippen LogP contribution < -0.4 is 75.7 Å². The van der Waals surface area contributed by atoms with Crippen molar-refractivity contribution in [3.63, 3.8) is 0 Å². The van der Waals surface area contributed by atoms with Gasteiger partial charge in [-0.25, -0.2) is 4.98 Å². The SMILES string of the molecule is CCCC[C@H]1C(=O)N(C)[C@@H](CCCC)C(=O)N[C@@H](CCCNC(=N)N)C(=O)N[C@H](C(=O)NCC(N)=O)CSCC(=O)N[C@@H](Cc2cccc(C#N)c2)C(=O)N(C)[C@@H](C)C(=O)N[C@@H](CC(N)=O)C(=O)N2CCC[C@H]2C(=O)N[C@@H](Cc2cnc[nH]2)C(=O)N[C@@H](CC(C)C)C(=O)N2C[C@H](O)CC2C(=O)N[C@@H](Cc2c[nH]c3ccccc23)C(=O)N[C@@H](CO)C(=O)N[C@@H](Cc2c[nH]c3ccccc23)C(=O)N1C. The van der Waals surface area contributed by atoms with Gasteiger partial charge < -0.3 is 125 Å². The predicted molar refractivity (Wildman–Crippen MR) is 503 cm³/mol. The van der Waals surface area contributed by atoms with Gasteiger partial charge in [0.2, 0.25) is 100 Å². The van der Waals surface area contributed by atoms with Gasteiger partial charge in [0.15, 0.2) is 5.96 Å². The monoisotopic (exact) mass is 1920 g/mol. The largest absolute Gasteiger partial charge is 0.394 e. The summed E-state index contributed by atoms with van der Waals surface area (Å²) in [5, 5.41) is 70.8. The van der Waals surface area contributed by atoms with Crippen molar-refractivity contribution >= 4 is 140 Å². The van der Waals surface area contributed by atoms with E-state index in [2.05, 4.69) is 78.4 Å². The second kappa shape index (κ2) is 51.1. The number of nitrogens with two attached hydrogens (primary N) is 3. The van der Waals surface area contributed by atoms with Crippen molar-refractivity contribution < 1.29 is 91.7 Å². The van der Waals surface area contributed by atoms with Gasteiger partial charge in [0.25, 0.3) is 0 Å². The molecule has 6 aromatic rings. The fraction of sp³-hybridized carbons (Fsp3) is 0.522. The zero-order chi connectivity index (χ0) is 100. The number of aromatic amines is 3. The number of aliphatic hydroxyl groups excluding tert-OH is 2. The molecule has 3 aromatic carbocycles. The number of hydrogen-bond acceptors (Lipinski definition) is 23. The fourth-order valence-corrected chi connectivity index (χ4v) is 17.8. The van der Waals surface area contributed by atoms with Crippen molar-refractivity contribution in [2.45, 2.75) is 234 Å². The first kappa shape index (κ1) is 107. The third kappa shape index (κ3) is 29.7. The smallest absolute Gasteiger partial charge is 0.246 e. The van der Waals surface area contributed by atoms with E-state index in [1.54, 1.807) is 80.8 Å². The molecule has 3 aliphatic rings. The summed E-state index contributed by atoms with van der Waals surface area (Å²) in [7, 11) is 3.89. The number of likely N-dealkylation sites (N-methyl/N-ethyl adjacent to an activating group) is 3. The number of para-hydroxylation sites is 2. The van der Waals surface area contributed by atoms with E-state index in [1.807, 2.05) is 19.9 Å². The fourth-order valence-electron chi connectivity index (χ4n) is 16.9. The van der Waals surface area contributed by atoms with Crippen molar-refractivity contribution in [1.82, 2.24) is 103 Å². The zero-order valence-electron chi connectivity index (χ0n) is 78.1. The molecule has 3 aliphatic heterocycles. The third-order valence-electron chi connectivity index (χ3n) is 24.4. The number of carbonyl (C=O) groups excluding carboxylic acids is 17. The summed E-state index contributed by atoms with van der Waals surface area (Å²) >= 11 is 0.754. The van der Waals surface area contributed by atoms with E-state index in [4.69, 9.17) is 22.6 Å². The Morgan fingerprint density at radius 3 is 1.74 bits per heavy atom. The van der Waals surface area contributed by atoms with E-state index in [9.17, 15) is 58.6 Å². The molecule has 137 heavy (non-hydrogen) atoms. The molecule has 0 aliphatic carbocycles. The summed E-state index contributed by atoms with van der Waals surface area (Å²) < 4.78 is 0. The van der Waals surface area contributed by atoms with Crippen LogP contribution >= 0.6 is 11.8 Å². The van der Waals surface area contributed by atoms with Crippen molar-refractivity contribution in [2.75, 3.05) is 65.4 Å². The molecular formula is C92H127N25O19S. The van der Waals surface area contributed by atoms with Crippen LogP contribution in [-0.4, -0.2) is 317 Å². The van der Waals surface area contributed by atoms with Crippen LogP contribution in [0.5, 0.6) is 0 Å². The molecule has 3 aromatic heterocycles. The number of aliphatic hydroxyl groups is 2. The molecule has 44 nitrogen and oxygen atoms in total. The Kier molecular flexibility index (Phi) is 39.7. The number of fused-ring (bicyclic) bond motifs is 4. The minimum atomic E-state index is -1.90. The third-order valence-corrected chi connectivity index (χ3v) is 25.5. The second-order valence-electron chi connectivity index (χ2n) is 35.1. The number of nitriles is 1. The number of aromatic nitrogens is 4. The van der Waals surface area contributed by atoms with Crippen molar-refractivity contribution in [2.24, 2.45) is 23.1 Å². The summed E-state index contributed by atoms with van der Waals surface area (Å²) in [6, 6.07) is 0.108. The van der Waals surface area contributed by atoms with E-state index in [0.717, 1.165) is 36.3 Å². The Morgan fingerprint density at radius 1 is 0.577 bits per heavy atom. The highest BCUT2D eigenvalue weighted by molar-refractivity contribution is 8.00.